The van der Waals surface area contributed by atoms with E-state index in [1.807, 2.05) is 13.8 Å². The molecular weight excluding hydrogens is 208 g/mol. The number of rotatable bonds is 3. The van der Waals surface area contributed by atoms with Gasteiger partial charge in [0.05, 0.1) is 6.42 Å². The Morgan fingerprint density at radius 3 is 2.92 bits per heavy atom. The number of hydrogen-bond donors (Lipinski definition) is 1. The quantitative estimate of drug-likeness (QED) is 0.842. The smallest absolute Gasteiger partial charge is 0.227 e. The van der Waals surface area contributed by atoms with E-state index in [4.69, 9.17) is 11.6 Å². The highest BCUT2D eigenvalue weighted by atomic mass is 35.5. The van der Waals surface area contributed by atoms with E-state index in [1.165, 1.54) is 11.3 Å². The molecule has 0 fully saturated rings. The molecule has 13 heavy (non-hydrogen) atoms. The van der Waals surface area contributed by atoms with Crippen LogP contribution < -0.4 is 5.32 Å². The Bertz CT molecular complexity index is 298. The van der Waals surface area contributed by atoms with E-state index in [9.17, 15) is 4.79 Å². The van der Waals surface area contributed by atoms with Crippen molar-refractivity contribution in [2.75, 3.05) is 0 Å². The van der Waals surface area contributed by atoms with Crippen LogP contribution in [0.15, 0.2) is 5.38 Å². The first-order chi connectivity index (χ1) is 6.08. The predicted molar refractivity (Wildman–Crippen MR) is 54.1 cm³/mol. The molecule has 0 aliphatic heterocycles. The van der Waals surface area contributed by atoms with Crippen LogP contribution in [-0.2, 0) is 11.2 Å². The SMILES string of the molecule is CC(C)NC(=O)Cc1nc(Cl)cs1. The summed E-state index contributed by atoms with van der Waals surface area (Å²) in [5.74, 6) is -0.0129. The summed E-state index contributed by atoms with van der Waals surface area (Å²) < 4.78 is 0. The van der Waals surface area contributed by atoms with Crippen molar-refractivity contribution in [1.82, 2.24) is 10.3 Å². The average molecular weight is 219 g/mol. The standard InChI is InChI=1S/C8H11ClN2OS/c1-5(2)10-7(12)3-8-11-6(9)4-13-8/h4-5H,3H2,1-2H3,(H,10,12). The summed E-state index contributed by atoms with van der Waals surface area (Å²) in [5.41, 5.74) is 0. The van der Waals surface area contributed by atoms with Gasteiger partial charge in [-0.2, -0.15) is 0 Å². The molecule has 1 aromatic heterocycles. The molecule has 0 aliphatic carbocycles. The number of aromatic nitrogens is 1. The number of thiazole rings is 1. The van der Waals surface area contributed by atoms with Crippen molar-refractivity contribution >= 4 is 28.8 Å². The van der Waals surface area contributed by atoms with Crippen LogP contribution in [0.3, 0.4) is 0 Å². The van der Waals surface area contributed by atoms with E-state index in [1.54, 1.807) is 5.38 Å². The summed E-state index contributed by atoms with van der Waals surface area (Å²) in [7, 11) is 0. The molecular formula is C8H11ClN2OS. The van der Waals surface area contributed by atoms with Gasteiger partial charge in [0.1, 0.15) is 10.2 Å². The Hall–Kier alpha value is -0.610. The minimum atomic E-state index is -0.0129. The normalized spacial score (nSPS) is 10.5. The van der Waals surface area contributed by atoms with Gasteiger partial charge in [0.25, 0.3) is 0 Å². The molecule has 0 bridgehead atoms. The van der Waals surface area contributed by atoms with Gasteiger partial charge in [0, 0.05) is 11.4 Å². The maximum atomic E-state index is 11.2. The van der Waals surface area contributed by atoms with Gasteiger partial charge in [0.2, 0.25) is 5.91 Å². The Morgan fingerprint density at radius 1 is 1.77 bits per heavy atom. The van der Waals surface area contributed by atoms with E-state index in [0.29, 0.717) is 11.6 Å². The van der Waals surface area contributed by atoms with Crippen molar-refractivity contribution in [1.29, 1.82) is 0 Å². The second-order valence-electron chi connectivity index (χ2n) is 2.96. The average Bonchev–Trinajstić information content (AvgIpc) is 2.33. The summed E-state index contributed by atoms with van der Waals surface area (Å²) in [6.45, 7) is 3.85. The summed E-state index contributed by atoms with van der Waals surface area (Å²) in [4.78, 5) is 15.2. The Balaban J connectivity index is 2.45. The first kappa shape index (κ1) is 10.5. The summed E-state index contributed by atoms with van der Waals surface area (Å²) in [5, 5.41) is 5.72. The zero-order chi connectivity index (χ0) is 9.84. The maximum absolute atomic E-state index is 11.2. The molecule has 0 atom stereocenters. The molecule has 0 aromatic carbocycles. The molecule has 0 saturated carbocycles. The first-order valence-electron chi connectivity index (χ1n) is 3.97. The lowest BCUT2D eigenvalue weighted by atomic mass is 10.3. The topological polar surface area (TPSA) is 42.0 Å². The second kappa shape index (κ2) is 4.58. The Labute approximate surface area is 86.1 Å². The lowest BCUT2D eigenvalue weighted by Crippen LogP contribution is -2.31. The van der Waals surface area contributed by atoms with E-state index in [-0.39, 0.29) is 11.9 Å². The summed E-state index contributed by atoms with van der Waals surface area (Å²) in [6, 6.07) is 0.169. The van der Waals surface area contributed by atoms with Gasteiger partial charge < -0.3 is 5.32 Å². The van der Waals surface area contributed by atoms with Crippen molar-refractivity contribution in [3.05, 3.63) is 15.5 Å². The first-order valence-corrected chi connectivity index (χ1v) is 5.23. The van der Waals surface area contributed by atoms with Crippen molar-refractivity contribution in [3.63, 3.8) is 0 Å². The van der Waals surface area contributed by atoms with Crippen molar-refractivity contribution < 1.29 is 4.79 Å². The molecule has 3 nitrogen and oxygen atoms in total. The van der Waals surface area contributed by atoms with Gasteiger partial charge in [-0.05, 0) is 13.8 Å². The van der Waals surface area contributed by atoms with Crippen LogP contribution in [0.25, 0.3) is 0 Å². The molecule has 0 saturated heterocycles. The minimum Gasteiger partial charge on any atom is -0.354 e. The van der Waals surface area contributed by atoms with Crippen molar-refractivity contribution in [3.8, 4) is 0 Å². The number of amides is 1. The lowest BCUT2D eigenvalue weighted by Gasteiger charge is -2.05. The number of halogens is 1. The summed E-state index contributed by atoms with van der Waals surface area (Å²) in [6.07, 6.45) is 0.315. The van der Waals surface area contributed by atoms with Gasteiger partial charge >= 0.3 is 0 Å². The van der Waals surface area contributed by atoms with Gasteiger partial charge in [-0.25, -0.2) is 4.98 Å². The van der Waals surface area contributed by atoms with Crippen LogP contribution in [0.5, 0.6) is 0 Å². The number of nitrogens with one attached hydrogen (secondary N) is 1. The third kappa shape index (κ3) is 3.74. The Morgan fingerprint density at radius 2 is 2.46 bits per heavy atom. The van der Waals surface area contributed by atoms with Gasteiger partial charge in [-0.3, -0.25) is 4.79 Å². The zero-order valence-corrected chi connectivity index (χ0v) is 9.08. The maximum Gasteiger partial charge on any atom is 0.227 e. The van der Waals surface area contributed by atoms with Crippen molar-refractivity contribution in [2.45, 2.75) is 26.3 Å². The third-order valence-corrected chi connectivity index (χ3v) is 2.46. The van der Waals surface area contributed by atoms with Gasteiger partial charge in [-0.15, -0.1) is 11.3 Å². The van der Waals surface area contributed by atoms with Gasteiger partial charge in [0.15, 0.2) is 0 Å². The fourth-order valence-corrected chi connectivity index (χ4v) is 1.82. The van der Waals surface area contributed by atoms with E-state index >= 15 is 0 Å². The summed E-state index contributed by atoms with van der Waals surface area (Å²) >= 11 is 7.02. The largest absolute Gasteiger partial charge is 0.354 e. The monoisotopic (exact) mass is 218 g/mol. The van der Waals surface area contributed by atoms with E-state index in [2.05, 4.69) is 10.3 Å². The van der Waals surface area contributed by atoms with E-state index in [0.717, 1.165) is 5.01 Å². The molecule has 1 aromatic rings. The third-order valence-electron chi connectivity index (χ3n) is 1.29. The minimum absolute atomic E-state index is 0.0129. The Kier molecular flexibility index (Phi) is 3.69. The number of hydrogen-bond acceptors (Lipinski definition) is 3. The molecule has 1 N–H and O–H groups in total. The lowest BCUT2D eigenvalue weighted by molar-refractivity contribution is -0.120. The fourth-order valence-electron chi connectivity index (χ4n) is 0.880. The number of carbonyl (C=O) groups is 1. The number of carbonyl (C=O) groups excluding carboxylic acids is 1. The molecule has 72 valence electrons. The fraction of sp³-hybridized carbons (Fsp3) is 0.500. The molecule has 1 amide bonds. The molecule has 1 rings (SSSR count). The molecule has 1 heterocycles. The van der Waals surface area contributed by atoms with Crippen LogP contribution in [0, 0.1) is 0 Å². The highest BCUT2D eigenvalue weighted by Crippen LogP contribution is 2.14. The second-order valence-corrected chi connectivity index (χ2v) is 4.29. The highest BCUT2D eigenvalue weighted by molar-refractivity contribution is 7.10. The van der Waals surface area contributed by atoms with E-state index < -0.39 is 0 Å². The van der Waals surface area contributed by atoms with Crippen molar-refractivity contribution in [2.24, 2.45) is 0 Å². The molecule has 5 heteroatoms. The van der Waals surface area contributed by atoms with Crippen LogP contribution in [0.1, 0.15) is 18.9 Å². The molecule has 0 spiro atoms. The molecule has 0 aliphatic rings. The predicted octanol–water partition coefficient (Wildman–Crippen LogP) is 1.86. The molecule has 0 radical (unpaired) electrons. The van der Waals surface area contributed by atoms with Crippen LogP contribution in [0.4, 0.5) is 0 Å². The van der Waals surface area contributed by atoms with Crippen LogP contribution in [-0.4, -0.2) is 16.9 Å². The number of nitrogens with zero attached hydrogens (tertiary/aromatic N) is 1. The molecule has 0 unspecified atom stereocenters. The van der Waals surface area contributed by atoms with Crippen LogP contribution in [0.2, 0.25) is 5.15 Å². The zero-order valence-electron chi connectivity index (χ0n) is 7.50. The highest BCUT2D eigenvalue weighted by Gasteiger charge is 2.07. The van der Waals surface area contributed by atoms with Crippen LogP contribution >= 0.6 is 22.9 Å². The van der Waals surface area contributed by atoms with Gasteiger partial charge in [-0.1, -0.05) is 11.6 Å².